The summed E-state index contributed by atoms with van der Waals surface area (Å²) in [6.45, 7) is 2.66. The number of pyridine rings is 1. The van der Waals surface area contributed by atoms with E-state index in [4.69, 9.17) is 4.74 Å². The lowest BCUT2D eigenvalue weighted by Gasteiger charge is -2.39. The number of carbonyl (C=O) groups is 1. The van der Waals surface area contributed by atoms with Crippen molar-refractivity contribution in [2.24, 2.45) is 0 Å². The van der Waals surface area contributed by atoms with Crippen LogP contribution in [0, 0.1) is 0 Å². The molecule has 0 saturated carbocycles. The van der Waals surface area contributed by atoms with Gasteiger partial charge in [-0.05, 0) is 25.0 Å². The Morgan fingerprint density at radius 1 is 1.28 bits per heavy atom. The summed E-state index contributed by atoms with van der Waals surface area (Å²) in [4.78, 5) is 36.7. The van der Waals surface area contributed by atoms with Crippen LogP contribution in [0.1, 0.15) is 30.3 Å². The average Bonchev–Trinajstić information content (AvgIpc) is 2.79. The van der Waals surface area contributed by atoms with Crippen LogP contribution in [0.4, 0.5) is 24.9 Å². The fourth-order valence-electron chi connectivity index (χ4n) is 4.08. The predicted molar refractivity (Wildman–Crippen MR) is 111 cm³/mol. The summed E-state index contributed by atoms with van der Waals surface area (Å²) in [7, 11) is 0. The Labute approximate surface area is 182 Å². The van der Waals surface area contributed by atoms with Gasteiger partial charge in [-0.2, -0.15) is 18.2 Å². The Morgan fingerprint density at radius 3 is 2.78 bits per heavy atom. The van der Waals surface area contributed by atoms with Gasteiger partial charge in [0.15, 0.2) is 5.78 Å². The van der Waals surface area contributed by atoms with Gasteiger partial charge < -0.3 is 14.5 Å². The van der Waals surface area contributed by atoms with Crippen LogP contribution >= 0.6 is 0 Å². The van der Waals surface area contributed by atoms with E-state index in [1.54, 1.807) is 12.1 Å². The highest BCUT2D eigenvalue weighted by Crippen LogP contribution is 2.34. The van der Waals surface area contributed by atoms with E-state index in [-0.39, 0.29) is 30.7 Å². The van der Waals surface area contributed by atoms with Gasteiger partial charge >= 0.3 is 6.18 Å². The fourth-order valence-corrected chi connectivity index (χ4v) is 4.08. The Morgan fingerprint density at radius 2 is 2.09 bits per heavy atom. The lowest BCUT2D eigenvalue weighted by Crippen LogP contribution is -2.54. The molecule has 2 aromatic heterocycles. The topological polar surface area (TPSA) is 80.6 Å². The zero-order valence-electron chi connectivity index (χ0n) is 17.6. The number of hydrogen-bond donors (Lipinski definition) is 0. The minimum absolute atomic E-state index is 0.0471. The minimum Gasteiger partial charge on any atom is -0.375 e. The van der Waals surface area contributed by atoms with Gasteiger partial charge in [-0.3, -0.25) is 19.1 Å². The molecule has 2 aliphatic heterocycles. The van der Waals surface area contributed by atoms with Crippen molar-refractivity contribution >= 4 is 17.5 Å². The number of alkyl halides is 3. The molecule has 2 aliphatic rings. The third-order valence-electron chi connectivity index (χ3n) is 5.79. The molecule has 1 saturated heterocycles. The van der Waals surface area contributed by atoms with Crippen LogP contribution in [0.5, 0.6) is 0 Å². The third-order valence-corrected chi connectivity index (χ3v) is 5.79. The highest BCUT2D eigenvalue weighted by Gasteiger charge is 2.47. The first kappa shape index (κ1) is 22.3. The number of Topliss-reactive ketones (excluding diaryl/α,β-unsaturated/α-hetero) is 1. The molecule has 0 spiro atoms. The lowest BCUT2D eigenvalue weighted by atomic mass is 10.1. The molecule has 4 rings (SSSR count). The maximum atomic E-state index is 13.9. The molecule has 0 N–H and O–H groups in total. The summed E-state index contributed by atoms with van der Waals surface area (Å²) in [5, 5.41) is 0. The van der Waals surface area contributed by atoms with Gasteiger partial charge in [-0.1, -0.05) is 13.0 Å². The maximum absolute atomic E-state index is 13.9. The van der Waals surface area contributed by atoms with Crippen molar-refractivity contribution in [2.45, 2.75) is 44.6 Å². The molecule has 0 amide bonds. The van der Waals surface area contributed by atoms with E-state index in [0.717, 1.165) is 11.3 Å². The number of carbonyl (C=O) groups excluding carboxylic acids is 1. The van der Waals surface area contributed by atoms with E-state index < -0.39 is 30.1 Å². The molecule has 0 bridgehead atoms. The molecule has 4 heterocycles. The highest BCUT2D eigenvalue weighted by molar-refractivity contribution is 5.97. The number of halogens is 3. The third kappa shape index (κ3) is 4.47. The van der Waals surface area contributed by atoms with Crippen molar-refractivity contribution in [3.63, 3.8) is 0 Å². The van der Waals surface area contributed by atoms with Crippen molar-refractivity contribution in [3.8, 4) is 0 Å². The molecular formula is C21H24F3N5O3. The number of anilines is 2. The normalized spacial score (nSPS) is 21.4. The summed E-state index contributed by atoms with van der Waals surface area (Å²) in [6, 6.07) is 4.07. The van der Waals surface area contributed by atoms with Crippen LogP contribution in [0.25, 0.3) is 0 Å². The quantitative estimate of drug-likeness (QED) is 0.646. The van der Waals surface area contributed by atoms with Crippen LogP contribution in [-0.4, -0.2) is 64.9 Å². The zero-order chi connectivity index (χ0) is 22.9. The van der Waals surface area contributed by atoms with Gasteiger partial charge in [0.2, 0.25) is 5.95 Å². The van der Waals surface area contributed by atoms with E-state index in [2.05, 4.69) is 9.97 Å². The van der Waals surface area contributed by atoms with Gasteiger partial charge in [-0.25, -0.2) is 0 Å². The first-order valence-corrected chi connectivity index (χ1v) is 10.5. The highest BCUT2D eigenvalue weighted by atomic mass is 19.4. The molecule has 0 aromatic carbocycles. The van der Waals surface area contributed by atoms with E-state index in [0.29, 0.717) is 25.5 Å². The Bertz CT molecular complexity index is 1030. The smallest absolute Gasteiger partial charge is 0.375 e. The summed E-state index contributed by atoms with van der Waals surface area (Å²) in [5.74, 6) is -0.434. The number of nitrogens with zero attached hydrogens (tertiary/aromatic N) is 5. The second-order valence-corrected chi connectivity index (χ2v) is 7.86. The molecule has 2 aromatic rings. The lowest BCUT2D eigenvalue weighted by molar-refractivity contribution is -0.152. The molecule has 32 heavy (non-hydrogen) atoms. The number of morpholine rings is 1. The van der Waals surface area contributed by atoms with Gasteiger partial charge in [0.05, 0.1) is 19.3 Å². The summed E-state index contributed by atoms with van der Waals surface area (Å²) in [5.41, 5.74) is -0.386. The second kappa shape index (κ2) is 8.89. The molecule has 172 valence electrons. The Balaban J connectivity index is 1.73. The summed E-state index contributed by atoms with van der Waals surface area (Å²) in [6.07, 6.45) is -2.81. The van der Waals surface area contributed by atoms with Crippen LogP contribution in [0.2, 0.25) is 0 Å². The molecule has 1 unspecified atom stereocenters. The number of ketones is 1. The monoisotopic (exact) mass is 451 g/mol. The standard InChI is InChI=1S/C21H24F3N5O3/c1-2-14-12-27(9-10-32-14)18-11-19(31)28-8-6-17(21(22,23)24)29(20(28)26-18)13-16(30)15-5-3-4-7-25-15/h3-5,7,11,14,17H,2,6,8-10,12-13H2,1H3/t14-,17?/m0/s1. The van der Waals surface area contributed by atoms with Crippen molar-refractivity contribution in [2.75, 3.05) is 36.0 Å². The minimum atomic E-state index is -4.59. The molecule has 1 fully saturated rings. The van der Waals surface area contributed by atoms with E-state index in [1.165, 1.54) is 22.9 Å². The molecular weight excluding hydrogens is 427 g/mol. The number of hydrogen-bond acceptors (Lipinski definition) is 7. The first-order chi connectivity index (χ1) is 15.3. The molecule has 2 atom stereocenters. The Kier molecular flexibility index (Phi) is 6.18. The SMILES string of the molecule is CC[C@H]1CN(c2cc(=O)n3c(n2)N(CC(=O)c2ccccn2)C(C(F)(F)F)CC3)CCO1. The molecule has 0 aliphatic carbocycles. The average molecular weight is 451 g/mol. The zero-order valence-corrected chi connectivity index (χ0v) is 17.6. The molecule has 0 radical (unpaired) electrons. The van der Waals surface area contributed by atoms with E-state index in [1.807, 2.05) is 11.8 Å². The molecule has 8 nitrogen and oxygen atoms in total. The first-order valence-electron chi connectivity index (χ1n) is 10.5. The Hall–Kier alpha value is -2.95. The molecule has 11 heteroatoms. The van der Waals surface area contributed by atoms with Crippen LogP contribution in [0.3, 0.4) is 0 Å². The van der Waals surface area contributed by atoms with Crippen molar-refractivity contribution < 1.29 is 22.7 Å². The van der Waals surface area contributed by atoms with Crippen LogP contribution < -0.4 is 15.4 Å². The maximum Gasteiger partial charge on any atom is 0.408 e. The van der Waals surface area contributed by atoms with Crippen molar-refractivity contribution in [1.29, 1.82) is 0 Å². The fraction of sp³-hybridized carbons (Fsp3) is 0.524. The van der Waals surface area contributed by atoms with Crippen molar-refractivity contribution in [3.05, 3.63) is 46.5 Å². The number of rotatable bonds is 5. The van der Waals surface area contributed by atoms with Crippen LogP contribution in [-0.2, 0) is 11.3 Å². The second-order valence-electron chi connectivity index (χ2n) is 7.86. The van der Waals surface area contributed by atoms with E-state index >= 15 is 0 Å². The van der Waals surface area contributed by atoms with E-state index in [9.17, 15) is 22.8 Å². The van der Waals surface area contributed by atoms with Crippen LogP contribution in [0.15, 0.2) is 35.3 Å². The largest absolute Gasteiger partial charge is 0.408 e. The van der Waals surface area contributed by atoms with Gasteiger partial charge in [0.25, 0.3) is 5.56 Å². The van der Waals surface area contributed by atoms with Gasteiger partial charge in [0.1, 0.15) is 17.6 Å². The van der Waals surface area contributed by atoms with Gasteiger partial charge in [0, 0.05) is 31.9 Å². The summed E-state index contributed by atoms with van der Waals surface area (Å²) >= 11 is 0. The van der Waals surface area contributed by atoms with Gasteiger partial charge in [-0.15, -0.1) is 0 Å². The number of ether oxygens (including phenoxy) is 1. The predicted octanol–water partition coefficient (Wildman–Crippen LogP) is 2.28. The summed E-state index contributed by atoms with van der Waals surface area (Å²) < 4.78 is 48.5. The number of aromatic nitrogens is 3. The van der Waals surface area contributed by atoms with Crippen molar-refractivity contribution in [1.82, 2.24) is 14.5 Å². The number of fused-ring (bicyclic) bond motifs is 1.